The molecule has 0 spiro atoms. The Labute approximate surface area is 224 Å². The SMILES string of the molecule is CN1C(=O)C(C2CC2)NCCOc2ccccc2CCCNC(=O)CNC(=O)C1CO.Cc1ccccc1. The van der Waals surface area contributed by atoms with Crippen LogP contribution in [0.2, 0.25) is 0 Å². The molecule has 1 aliphatic heterocycles. The summed E-state index contributed by atoms with van der Waals surface area (Å²) < 4.78 is 5.95. The zero-order chi connectivity index (χ0) is 27.3. The summed E-state index contributed by atoms with van der Waals surface area (Å²) in [5, 5.41) is 18.3. The van der Waals surface area contributed by atoms with Gasteiger partial charge in [0.1, 0.15) is 18.4 Å². The number of aryl methyl sites for hydroxylation is 2. The molecule has 9 nitrogen and oxygen atoms in total. The molecule has 1 aliphatic carbocycles. The molecule has 3 amide bonds. The van der Waals surface area contributed by atoms with Gasteiger partial charge in [-0.3, -0.25) is 14.4 Å². The molecule has 4 rings (SSSR count). The average molecular weight is 525 g/mol. The Balaban J connectivity index is 0.000000494. The molecule has 206 valence electrons. The van der Waals surface area contributed by atoms with Crippen LogP contribution in [-0.2, 0) is 20.8 Å². The van der Waals surface area contributed by atoms with Gasteiger partial charge in [0.15, 0.2) is 0 Å². The van der Waals surface area contributed by atoms with Gasteiger partial charge in [0, 0.05) is 20.1 Å². The number of para-hydroxylation sites is 1. The minimum absolute atomic E-state index is 0.207. The van der Waals surface area contributed by atoms with Crippen molar-refractivity contribution < 1.29 is 24.2 Å². The van der Waals surface area contributed by atoms with Crippen molar-refractivity contribution in [3.05, 3.63) is 65.7 Å². The zero-order valence-corrected chi connectivity index (χ0v) is 22.3. The van der Waals surface area contributed by atoms with Gasteiger partial charge in [0.05, 0.1) is 19.2 Å². The first-order chi connectivity index (χ1) is 18.4. The summed E-state index contributed by atoms with van der Waals surface area (Å²) in [6, 6.07) is 16.6. The highest BCUT2D eigenvalue weighted by Gasteiger charge is 2.39. The first kappa shape index (κ1) is 29.1. The third-order valence-electron chi connectivity index (χ3n) is 6.66. The molecule has 9 heteroatoms. The van der Waals surface area contributed by atoms with Crippen molar-refractivity contribution in [2.24, 2.45) is 5.92 Å². The number of fused-ring (bicyclic) bond motifs is 1. The summed E-state index contributed by atoms with van der Waals surface area (Å²) in [4.78, 5) is 38.9. The van der Waals surface area contributed by atoms with E-state index in [4.69, 9.17) is 4.74 Å². The second-order valence-electron chi connectivity index (χ2n) is 9.70. The Morgan fingerprint density at radius 2 is 1.68 bits per heavy atom. The van der Waals surface area contributed by atoms with Gasteiger partial charge < -0.3 is 30.7 Å². The van der Waals surface area contributed by atoms with E-state index in [9.17, 15) is 19.5 Å². The van der Waals surface area contributed by atoms with Crippen LogP contribution in [0.25, 0.3) is 0 Å². The van der Waals surface area contributed by atoms with Gasteiger partial charge in [-0.25, -0.2) is 0 Å². The topological polar surface area (TPSA) is 120 Å². The minimum atomic E-state index is -1.05. The summed E-state index contributed by atoms with van der Waals surface area (Å²) >= 11 is 0. The number of amides is 3. The lowest BCUT2D eigenvalue weighted by Gasteiger charge is -2.30. The van der Waals surface area contributed by atoms with E-state index >= 15 is 0 Å². The molecule has 1 saturated carbocycles. The van der Waals surface area contributed by atoms with Crippen molar-refractivity contribution in [2.45, 2.75) is 44.7 Å². The molecular weight excluding hydrogens is 484 g/mol. The highest BCUT2D eigenvalue weighted by atomic mass is 16.5. The molecule has 2 aromatic rings. The molecule has 2 aliphatic rings. The Kier molecular flexibility index (Phi) is 11.6. The maximum Gasteiger partial charge on any atom is 0.245 e. The van der Waals surface area contributed by atoms with Crippen LogP contribution in [0.3, 0.4) is 0 Å². The lowest BCUT2D eigenvalue weighted by Crippen LogP contribution is -2.56. The van der Waals surface area contributed by atoms with Crippen LogP contribution in [0.4, 0.5) is 0 Å². The molecule has 2 aromatic carbocycles. The normalized spacial score (nSPS) is 21.9. The lowest BCUT2D eigenvalue weighted by molar-refractivity contribution is -0.142. The number of nitrogens with one attached hydrogen (secondary N) is 3. The fraction of sp³-hybridized carbons (Fsp3) is 0.483. The van der Waals surface area contributed by atoms with Gasteiger partial charge in [-0.05, 0) is 50.2 Å². The molecule has 4 N–H and O–H groups in total. The molecule has 0 saturated heterocycles. The molecule has 2 unspecified atom stereocenters. The molecular formula is C29H40N4O5. The maximum atomic E-state index is 13.0. The van der Waals surface area contributed by atoms with Crippen molar-refractivity contribution in [1.29, 1.82) is 0 Å². The number of carbonyl (C=O) groups excluding carboxylic acids is 3. The summed E-state index contributed by atoms with van der Waals surface area (Å²) in [7, 11) is 1.50. The number of aliphatic hydroxyl groups excluding tert-OH is 1. The van der Waals surface area contributed by atoms with E-state index in [-0.39, 0.29) is 24.3 Å². The summed E-state index contributed by atoms with van der Waals surface area (Å²) in [6.07, 6.45) is 3.36. The van der Waals surface area contributed by atoms with Crippen molar-refractivity contribution >= 4 is 17.7 Å². The standard InChI is InChI=1S/C22H32N4O5.C7H8/c1-26-17(14-27)21(29)25-13-19(28)23-10-4-6-15-5-2-3-7-18(15)31-12-11-24-20(22(26)30)16-8-9-16;1-7-5-3-2-4-6-7/h2-3,5,7,16-17,20,24,27H,4,6,8-14H2,1H3,(H,23,28)(H,25,29);2-6H,1H3. The van der Waals surface area contributed by atoms with E-state index in [2.05, 4.69) is 35.0 Å². The van der Waals surface area contributed by atoms with Crippen molar-refractivity contribution in [2.75, 3.05) is 39.9 Å². The molecule has 0 radical (unpaired) electrons. The monoisotopic (exact) mass is 524 g/mol. The molecule has 2 atom stereocenters. The van der Waals surface area contributed by atoms with Gasteiger partial charge >= 0.3 is 0 Å². The molecule has 1 fully saturated rings. The first-order valence-corrected chi connectivity index (χ1v) is 13.3. The number of ether oxygens (including phenoxy) is 1. The largest absolute Gasteiger partial charge is 0.492 e. The van der Waals surface area contributed by atoms with Crippen LogP contribution >= 0.6 is 0 Å². The van der Waals surface area contributed by atoms with Crippen molar-refractivity contribution in [3.63, 3.8) is 0 Å². The molecule has 0 bridgehead atoms. The summed E-state index contributed by atoms with van der Waals surface area (Å²) in [5.74, 6) is -0.108. The number of carbonyl (C=O) groups is 3. The Morgan fingerprint density at radius 3 is 2.34 bits per heavy atom. The third kappa shape index (κ3) is 9.15. The van der Waals surface area contributed by atoms with E-state index in [1.54, 1.807) is 0 Å². The number of hydrogen-bond acceptors (Lipinski definition) is 6. The van der Waals surface area contributed by atoms with Crippen LogP contribution in [0.15, 0.2) is 54.6 Å². The van der Waals surface area contributed by atoms with E-state index in [1.807, 2.05) is 42.5 Å². The second-order valence-corrected chi connectivity index (χ2v) is 9.70. The minimum Gasteiger partial charge on any atom is -0.492 e. The fourth-order valence-electron chi connectivity index (χ4n) is 4.25. The Hall–Kier alpha value is -3.43. The van der Waals surface area contributed by atoms with Gasteiger partial charge in [0.2, 0.25) is 17.7 Å². The van der Waals surface area contributed by atoms with Crippen LogP contribution in [0.5, 0.6) is 5.75 Å². The number of benzene rings is 2. The van der Waals surface area contributed by atoms with Gasteiger partial charge in [0.25, 0.3) is 0 Å². The molecule has 38 heavy (non-hydrogen) atoms. The zero-order valence-electron chi connectivity index (χ0n) is 22.3. The van der Waals surface area contributed by atoms with Crippen LogP contribution in [0, 0.1) is 12.8 Å². The predicted molar refractivity (Wildman–Crippen MR) is 146 cm³/mol. The predicted octanol–water partition coefficient (Wildman–Crippen LogP) is 1.43. The molecule has 0 aromatic heterocycles. The average Bonchev–Trinajstić information content (AvgIpc) is 3.76. The van der Waals surface area contributed by atoms with Crippen LogP contribution in [-0.4, -0.2) is 79.7 Å². The Bertz CT molecular complexity index is 1040. The summed E-state index contributed by atoms with van der Waals surface area (Å²) in [6.45, 7) is 2.71. The van der Waals surface area contributed by atoms with Crippen molar-refractivity contribution in [3.8, 4) is 5.75 Å². The van der Waals surface area contributed by atoms with Gasteiger partial charge in [-0.15, -0.1) is 0 Å². The number of aliphatic hydroxyl groups is 1. The van der Waals surface area contributed by atoms with E-state index in [0.29, 0.717) is 19.7 Å². The number of rotatable bonds is 2. The van der Waals surface area contributed by atoms with E-state index in [1.165, 1.54) is 17.5 Å². The number of hydrogen-bond donors (Lipinski definition) is 4. The summed E-state index contributed by atoms with van der Waals surface area (Å²) in [5.41, 5.74) is 2.38. The van der Waals surface area contributed by atoms with E-state index in [0.717, 1.165) is 37.0 Å². The highest BCUT2D eigenvalue weighted by Crippen LogP contribution is 2.33. The smallest absolute Gasteiger partial charge is 0.245 e. The first-order valence-electron chi connectivity index (χ1n) is 13.3. The van der Waals surface area contributed by atoms with Crippen LogP contribution in [0.1, 0.15) is 30.4 Å². The molecule has 1 heterocycles. The van der Waals surface area contributed by atoms with E-state index < -0.39 is 24.6 Å². The van der Waals surface area contributed by atoms with Gasteiger partial charge in [-0.2, -0.15) is 0 Å². The van der Waals surface area contributed by atoms with Crippen molar-refractivity contribution in [1.82, 2.24) is 20.9 Å². The number of nitrogens with zero attached hydrogens (tertiary/aromatic N) is 1. The van der Waals surface area contributed by atoms with Gasteiger partial charge in [-0.1, -0.05) is 54.1 Å². The third-order valence-corrected chi connectivity index (χ3v) is 6.66. The highest BCUT2D eigenvalue weighted by molar-refractivity contribution is 5.92. The quantitative estimate of drug-likeness (QED) is 0.472. The second kappa shape index (κ2) is 15.1. The maximum absolute atomic E-state index is 13.0. The fourth-order valence-corrected chi connectivity index (χ4v) is 4.25. The number of likely N-dealkylation sites (N-methyl/N-ethyl adjacent to an activating group) is 1. The Morgan fingerprint density at radius 1 is 0.974 bits per heavy atom. The lowest BCUT2D eigenvalue weighted by atomic mass is 10.1. The van der Waals surface area contributed by atoms with Crippen LogP contribution < -0.4 is 20.7 Å².